The highest BCUT2D eigenvalue weighted by molar-refractivity contribution is 5.87. The van der Waals surface area contributed by atoms with Gasteiger partial charge in [-0.05, 0) is 72.3 Å². The van der Waals surface area contributed by atoms with Crippen molar-refractivity contribution in [1.29, 1.82) is 0 Å². The van der Waals surface area contributed by atoms with E-state index in [0.29, 0.717) is 23.7 Å². The maximum absolute atomic E-state index is 11.4. The van der Waals surface area contributed by atoms with E-state index in [1.54, 1.807) is 20.3 Å². The Morgan fingerprint density at radius 1 is 1.07 bits per heavy atom. The second-order valence-electron chi connectivity index (χ2n) is 8.23. The van der Waals surface area contributed by atoms with E-state index in [-0.39, 0.29) is 11.6 Å². The lowest BCUT2D eigenvalue weighted by molar-refractivity contribution is -0.255. The molecule has 2 aliphatic carbocycles. The molecule has 0 radical (unpaired) electrons. The minimum Gasteiger partial charge on any atom is -0.545 e. The Labute approximate surface area is 164 Å². The van der Waals surface area contributed by atoms with Crippen molar-refractivity contribution in [2.24, 2.45) is 17.8 Å². The molecule has 2 aromatic rings. The van der Waals surface area contributed by atoms with Crippen molar-refractivity contribution < 1.29 is 19.4 Å². The van der Waals surface area contributed by atoms with Crippen LogP contribution in [0.1, 0.15) is 52.7 Å². The Balaban J connectivity index is 1.65. The van der Waals surface area contributed by atoms with Crippen LogP contribution in [0.5, 0.6) is 11.5 Å². The minimum atomic E-state index is -1.11. The van der Waals surface area contributed by atoms with Crippen LogP contribution < -0.4 is 19.9 Å². The predicted octanol–water partition coefficient (Wildman–Crippen LogP) is 3.36. The van der Waals surface area contributed by atoms with Gasteiger partial charge >= 0.3 is 0 Å². The first-order valence-corrected chi connectivity index (χ1v) is 9.95. The number of fused-ring (bicyclic) bond motifs is 7. The van der Waals surface area contributed by atoms with Crippen LogP contribution in [0.15, 0.2) is 36.4 Å². The van der Waals surface area contributed by atoms with E-state index in [9.17, 15) is 9.90 Å². The Morgan fingerprint density at radius 3 is 2.64 bits per heavy atom. The Bertz CT molecular complexity index is 940. The zero-order valence-corrected chi connectivity index (χ0v) is 16.1. The fourth-order valence-electron chi connectivity index (χ4n) is 6.08. The Hall–Kier alpha value is -2.69. The van der Waals surface area contributed by atoms with E-state index in [2.05, 4.69) is 11.4 Å². The van der Waals surface area contributed by atoms with Crippen LogP contribution in [-0.2, 0) is 0 Å². The zero-order chi connectivity index (χ0) is 19.4. The fourth-order valence-corrected chi connectivity index (χ4v) is 6.08. The molecule has 2 aromatic carbocycles. The number of rotatable bonds is 4. The van der Waals surface area contributed by atoms with Crippen LogP contribution in [0.3, 0.4) is 0 Å². The SMILES string of the molecule is COc1cccc([C@@H]2Nc3ccc(C(=O)[O-])cc3[C@H]3[C@@H]4CC[C@@H](C4)[C@H]32)c1OC. The van der Waals surface area contributed by atoms with Crippen LogP contribution in [0.4, 0.5) is 5.69 Å². The van der Waals surface area contributed by atoms with Gasteiger partial charge in [0, 0.05) is 11.3 Å². The van der Waals surface area contributed by atoms with E-state index in [1.807, 2.05) is 24.3 Å². The predicted molar refractivity (Wildman–Crippen MR) is 104 cm³/mol. The maximum atomic E-state index is 11.4. The third kappa shape index (κ3) is 2.42. The number of ether oxygens (including phenoxy) is 2. The van der Waals surface area contributed by atoms with Crippen LogP contribution in [0.25, 0.3) is 0 Å². The molecule has 5 heteroatoms. The smallest absolute Gasteiger partial charge is 0.165 e. The molecular weight excluding hydrogens is 354 g/mol. The molecule has 0 saturated heterocycles. The first-order chi connectivity index (χ1) is 13.6. The molecule has 2 fully saturated rings. The number of carbonyl (C=O) groups is 1. The molecule has 0 unspecified atom stereocenters. The van der Waals surface area contributed by atoms with Crippen molar-refractivity contribution in [2.45, 2.75) is 31.2 Å². The summed E-state index contributed by atoms with van der Waals surface area (Å²) in [6.07, 6.45) is 3.68. The number of nitrogens with one attached hydrogen (secondary N) is 1. The van der Waals surface area contributed by atoms with Crippen molar-refractivity contribution in [3.05, 3.63) is 53.1 Å². The molecule has 0 spiro atoms. The highest BCUT2D eigenvalue weighted by atomic mass is 16.5. The quantitative estimate of drug-likeness (QED) is 0.883. The van der Waals surface area contributed by atoms with Crippen molar-refractivity contribution in [2.75, 3.05) is 19.5 Å². The van der Waals surface area contributed by atoms with E-state index in [0.717, 1.165) is 28.3 Å². The number of carboxylic acid groups (broad SMARTS) is 1. The first-order valence-electron chi connectivity index (χ1n) is 9.95. The number of hydrogen-bond acceptors (Lipinski definition) is 5. The average molecular weight is 378 g/mol. The van der Waals surface area contributed by atoms with E-state index in [1.165, 1.54) is 19.3 Å². The van der Waals surface area contributed by atoms with Gasteiger partial charge in [0.25, 0.3) is 0 Å². The van der Waals surface area contributed by atoms with Gasteiger partial charge in [0.15, 0.2) is 11.5 Å². The fraction of sp³-hybridized carbons (Fsp3) is 0.435. The topological polar surface area (TPSA) is 70.6 Å². The molecule has 2 saturated carbocycles. The highest BCUT2D eigenvalue weighted by Crippen LogP contribution is 2.64. The second-order valence-corrected chi connectivity index (χ2v) is 8.23. The monoisotopic (exact) mass is 378 g/mol. The molecule has 5 atom stereocenters. The van der Waals surface area contributed by atoms with Crippen LogP contribution in [0.2, 0.25) is 0 Å². The average Bonchev–Trinajstić information content (AvgIpc) is 3.34. The molecule has 5 rings (SSSR count). The summed E-state index contributed by atoms with van der Waals surface area (Å²) < 4.78 is 11.3. The molecule has 0 amide bonds. The summed E-state index contributed by atoms with van der Waals surface area (Å²) in [5, 5.41) is 15.1. The van der Waals surface area contributed by atoms with Gasteiger partial charge in [0.2, 0.25) is 0 Å². The normalized spacial score (nSPS) is 29.6. The van der Waals surface area contributed by atoms with Crippen molar-refractivity contribution >= 4 is 11.7 Å². The van der Waals surface area contributed by atoms with Crippen LogP contribution in [-0.4, -0.2) is 20.2 Å². The van der Waals surface area contributed by atoms with Gasteiger partial charge in [-0.25, -0.2) is 0 Å². The molecule has 146 valence electrons. The van der Waals surface area contributed by atoms with Gasteiger partial charge in [-0.1, -0.05) is 18.2 Å². The summed E-state index contributed by atoms with van der Waals surface area (Å²) >= 11 is 0. The number of benzene rings is 2. The van der Waals surface area contributed by atoms with Gasteiger partial charge in [-0.3, -0.25) is 0 Å². The van der Waals surface area contributed by atoms with E-state index in [4.69, 9.17) is 9.47 Å². The van der Waals surface area contributed by atoms with Crippen LogP contribution in [0, 0.1) is 17.8 Å². The summed E-state index contributed by atoms with van der Waals surface area (Å²) in [6, 6.07) is 11.5. The second kappa shape index (κ2) is 6.43. The summed E-state index contributed by atoms with van der Waals surface area (Å²) in [6.45, 7) is 0. The lowest BCUT2D eigenvalue weighted by Gasteiger charge is -2.44. The van der Waals surface area contributed by atoms with Crippen LogP contribution >= 0.6 is 0 Å². The molecule has 1 N–H and O–H groups in total. The number of anilines is 1. The molecule has 28 heavy (non-hydrogen) atoms. The number of carbonyl (C=O) groups excluding carboxylic acids is 1. The van der Waals surface area contributed by atoms with Gasteiger partial charge in [-0.2, -0.15) is 0 Å². The lowest BCUT2D eigenvalue weighted by atomic mass is 9.67. The number of methoxy groups -OCH3 is 2. The molecule has 5 nitrogen and oxygen atoms in total. The highest BCUT2D eigenvalue weighted by Gasteiger charge is 2.54. The zero-order valence-electron chi connectivity index (χ0n) is 16.1. The lowest BCUT2D eigenvalue weighted by Crippen LogP contribution is -2.36. The van der Waals surface area contributed by atoms with Crippen molar-refractivity contribution in [3.63, 3.8) is 0 Å². The van der Waals surface area contributed by atoms with Crippen molar-refractivity contribution in [3.8, 4) is 11.5 Å². The Morgan fingerprint density at radius 2 is 1.89 bits per heavy atom. The molecule has 1 aliphatic heterocycles. The van der Waals surface area contributed by atoms with E-state index >= 15 is 0 Å². The summed E-state index contributed by atoms with van der Waals surface area (Å²) in [7, 11) is 3.34. The van der Waals surface area contributed by atoms with Gasteiger partial charge in [0.05, 0.1) is 26.2 Å². The van der Waals surface area contributed by atoms with Gasteiger partial charge < -0.3 is 24.7 Å². The number of hydrogen-bond donors (Lipinski definition) is 1. The van der Waals surface area contributed by atoms with Gasteiger partial charge in [0.1, 0.15) is 0 Å². The number of carboxylic acids is 1. The number of para-hydroxylation sites is 1. The molecular formula is C23H24NO4-. The standard InChI is InChI=1S/C23H25NO4/c1-27-18-5-3-4-15(22(18)28-2)21-20-13-7-6-12(10-13)19(20)16-11-14(23(25)26)8-9-17(16)24-21/h3-5,8-9,11-13,19-21,24H,6-7,10H2,1-2H3,(H,25,26)/p-1/t12-,13+,19-,20-,21+/m1/s1. The Kier molecular flexibility index (Phi) is 4.00. The van der Waals surface area contributed by atoms with E-state index < -0.39 is 5.97 Å². The summed E-state index contributed by atoms with van der Waals surface area (Å²) in [5.41, 5.74) is 3.53. The third-order valence-corrected chi connectivity index (χ3v) is 7.09. The number of aromatic carboxylic acids is 1. The molecule has 2 bridgehead atoms. The van der Waals surface area contributed by atoms with Gasteiger partial charge in [-0.15, -0.1) is 0 Å². The minimum absolute atomic E-state index is 0.117. The molecule has 0 aromatic heterocycles. The third-order valence-electron chi connectivity index (χ3n) is 7.09. The van der Waals surface area contributed by atoms with Crippen molar-refractivity contribution in [1.82, 2.24) is 0 Å². The summed E-state index contributed by atoms with van der Waals surface area (Å²) in [5.74, 6) is 2.45. The largest absolute Gasteiger partial charge is 0.545 e. The maximum Gasteiger partial charge on any atom is 0.165 e. The summed E-state index contributed by atoms with van der Waals surface area (Å²) in [4.78, 5) is 11.4. The molecule has 1 heterocycles. The first kappa shape index (κ1) is 17.4. The molecule has 3 aliphatic rings.